The largest absolute Gasteiger partial charge is 0.376 e. The molecule has 2 aromatic carbocycles. The van der Waals surface area contributed by atoms with Crippen molar-refractivity contribution < 1.29 is 0 Å². The second-order valence-electron chi connectivity index (χ2n) is 5.82. The van der Waals surface area contributed by atoms with Gasteiger partial charge in [-0.15, -0.1) is 0 Å². The Morgan fingerprint density at radius 2 is 2.00 bits per heavy atom. The highest BCUT2D eigenvalue weighted by atomic mass is 79.9. The summed E-state index contributed by atoms with van der Waals surface area (Å²) < 4.78 is 1.08. The number of nitrogens with one attached hydrogen (secondary N) is 1. The highest BCUT2D eigenvalue weighted by Gasteiger charge is 2.27. The van der Waals surface area contributed by atoms with Crippen LogP contribution in [0.5, 0.6) is 0 Å². The molecule has 3 N–H and O–H groups in total. The summed E-state index contributed by atoms with van der Waals surface area (Å²) >= 11 is 3.62. The van der Waals surface area contributed by atoms with Gasteiger partial charge < -0.3 is 11.1 Å². The van der Waals surface area contributed by atoms with Gasteiger partial charge in [-0.25, -0.2) is 0 Å². The average molecular weight is 345 g/mol. The predicted octanol–water partition coefficient (Wildman–Crippen LogP) is 4.75. The Balaban J connectivity index is 1.90. The van der Waals surface area contributed by atoms with Crippen molar-refractivity contribution in [3.8, 4) is 0 Å². The molecule has 3 heteroatoms. The zero-order chi connectivity index (χ0) is 14.8. The summed E-state index contributed by atoms with van der Waals surface area (Å²) in [6.07, 6.45) is 2.62. The third kappa shape index (κ3) is 3.30. The van der Waals surface area contributed by atoms with E-state index in [1.807, 2.05) is 0 Å². The lowest BCUT2D eigenvalue weighted by Crippen LogP contribution is -2.22. The van der Waals surface area contributed by atoms with Gasteiger partial charge in [0.05, 0.1) is 6.04 Å². The molecule has 1 aliphatic rings. The van der Waals surface area contributed by atoms with Gasteiger partial charge in [0.15, 0.2) is 0 Å². The van der Waals surface area contributed by atoms with E-state index < -0.39 is 0 Å². The Morgan fingerprint density at radius 1 is 1.24 bits per heavy atom. The van der Waals surface area contributed by atoms with Crippen molar-refractivity contribution in [3.05, 3.63) is 63.6 Å². The van der Waals surface area contributed by atoms with Crippen molar-refractivity contribution in [1.29, 1.82) is 0 Å². The van der Waals surface area contributed by atoms with Gasteiger partial charge in [0, 0.05) is 16.7 Å². The normalized spacial score (nSPS) is 15.8. The smallest absolute Gasteiger partial charge is 0.0639 e. The number of benzene rings is 2. The molecule has 0 amide bonds. The molecule has 0 saturated heterocycles. The topological polar surface area (TPSA) is 38.0 Å². The van der Waals surface area contributed by atoms with Gasteiger partial charge >= 0.3 is 0 Å². The standard InChI is InChI=1S/C18H21BrN2/c1-12-6-9-16(19)17(10-12)21-18(11-20)15-5-3-2-4-14(15)13-7-8-13/h2-6,9-10,13,18,21H,7-8,11,20H2,1H3. The molecule has 110 valence electrons. The molecular weight excluding hydrogens is 324 g/mol. The fourth-order valence-corrected chi connectivity index (χ4v) is 3.16. The van der Waals surface area contributed by atoms with Gasteiger partial charge in [0.1, 0.15) is 0 Å². The van der Waals surface area contributed by atoms with Crippen LogP contribution in [0, 0.1) is 6.92 Å². The first-order chi connectivity index (χ1) is 10.2. The molecule has 1 fully saturated rings. The minimum atomic E-state index is 0.153. The van der Waals surface area contributed by atoms with Gasteiger partial charge in [-0.2, -0.15) is 0 Å². The quantitative estimate of drug-likeness (QED) is 0.821. The molecule has 1 atom stereocenters. The number of hydrogen-bond donors (Lipinski definition) is 2. The zero-order valence-electron chi connectivity index (χ0n) is 12.3. The Bertz CT molecular complexity index is 635. The van der Waals surface area contributed by atoms with Crippen LogP contribution >= 0.6 is 15.9 Å². The molecule has 0 aromatic heterocycles. The van der Waals surface area contributed by atoms with E-state index in [1.165, 1.54) is 29.5 Å². The number of halogens is 1. The van der Waals surface area contributed by atoms with E-state index in [9.17, 15) is 0 Å². The first-order valence-electron chi connectivity index (χ1n) is 7.50. The van der Waals surface area contributed by atoms with Gasteiger partial charge in [-0.05, 0) is 70.4 Å². The zero-order valence-corrected chi connectivity index (χ0v) is 13.9. The minimum absolute atomic E-state index is 0.153. The number of hydrogen-bond acceptors (Lipinski definition) is 2. The van der Waals surface area contributed by atoms with Crippen LogP contribution in [0.3, 0.4) is 0 Å². The van der Waals surface area contributed by atoms with E-state index in [2.05, 4.69) is 70.6 Å². The molecule has 0 aliphatic heterocycles. The lowest BCUT2D eigenvalue weighted by molar-refractivity contribution is 0.775. The van der Waals surface area contributed by atoms with Crippen molar-refractivity contribution in [2.45, 2.75) is 31.7 Å². The van der Waals surface area contributed by atoms with Crippen LogP contribution in [0.25, 0.3) is 0 Å². The third-order valence-corrected chi connectivity index (χ3v) is 4.77. The molecule has 2 nitrogen and oxygen atoms in total. The molecule has 2 aromatic rings. The summed E-state index contributed by atoms with van der Waals surface area (Å²) in [5.74, 6) is 0.734. The first kappa shape index (κ1) is 14.6. The summed E-state index contributed by atoms with van der Waals surface area (Å²) in [6.45, 7) is 2.69. The summed E-state index contributed by atoms with van der Waals surface area (Å²) in [4.78, 5) is 0. The van der Waals surface area contributed by atoms with E-state index in [0.29, 0.717) is 6.54 Å². The maximum atomic E-state index is 6.05. The summed E-state index contributed by atoms with van der Waals surface area (Å²) in [7, 11) is 0. The van der Waals surface area contributed by atoms with Crippen LogP contribution in [-0.4, -0.2) is 6.54 Å². The fourth-order valence-electron chi connectivity index (χ4n) is 2.80. The minimum Gasteiger partial charge on any atom is -0.376 e. The average Bonchev–Trinajstić information content (AvgIpc) is 3.33. The Labute approximate surface area is 134 Å². The van der Waals surface area contributed by atoms with E-state index >= 15 is 0 Å². The van der Waals surface area contributed by atoms with Crippen molar-refractivity contribution in [3.63, 3.8) is 0 Å². The van der Waals surface area contributed by atoms with E-state index in [0.717, 1.165) is 16.1 Å². The fraction of sp³-hybridized carbons (Fsp3) is 0.333. The van der Waals surface area contributed by atoms with E-state index in [1.54, 1.807) is 0 Å². The SMILES string of the molecule is Cc1ccc(Br)c(NC(CN)c2ccccc2C2CC2)c1. The van der Waals surface area contributed by atoms with Gasteiger partial charge in [0.25, 0.3) is 0 Å². The molecule has 0 radical (unpaired) electrons. The maximum absolute atomic E-state index is 6.05. The highest BCUT2D eigenvalue weighted by molar-refractivity contribution is 9.10. The van der Waals surface area contributed by atoms with Crippen molar-refractivity contribution in [2.75, 3.05) is 11.9 Å². The highest BCUT2D eigenvalue weighted by Crippen LogP contribution is 2.43. The third-order valence-electron chi connectivity index (χ3n) is 4.08. The van der Waals surface area contributed by atoms with Crippen LogP contribution in [-0.2, 0) is 0 Å². The lowest BCUT2D eigenvalue weighted by atomic mass is 9.97. The Hall–Kier alpha value is -1.32. The summed E-state index contributed by atoms with van der Waals surface area (Å²) in [5, 5.41) is 3.61. The van der Waals surface area contributed by atoms with Crippen LogP contribution in [0.1, 0.15) is 41.5 Å². The van der Waals surface area contributed by atoms with Crippen molar-refractivity contribution in [1.82, 2.24) is 0 Å². The molecule has 0 spiro atoms. The number of rotatable bonds is 5. The van der Waals surface area contributed by atoms with Crippen LogP contribution in [0.2, 0.25) is 0 Å². The van der Waals surface area contributed by atoms with Crippen molar-refractivity contribution >= 4 is 21.6 Å². The molecule has 3 rings (SSSR count). The number of anilines is 1. The number of aryl methyl sites for hydroxylation is 1. The molecule has 1 saturated carbocycles. The monoisotopic (exact) mass is 344 g/mol. The maximum Gasteiger partial charge on any atom is 0.0639 e. The second kappa shape index (κ2) is 6.20. The molecule has 21 heavy (non-hydrogen) atoms. The van der Waals surface area contributed by atoms with Crippen LogP contribution in [0.4, 0.5) is 5.69 Å². The van der Waals surface area contributed by atoms with E-state index in [-0.39, 0.29) is 6.04 Å². The Morgan fingerprint density at radius 3 is 2.71 bits per heavy atom. The van der Waals surface area contributed by atoms with Crippen LogP contribution < -0.4 is 11.1 Å². The molecular formula is C18H21BrN2. The van der Waals surface area contributed by atoms with E-state index in [4.69, 9.17) is 5.73 Å². The Kier molecular flexibility index (Phi) is 4.32. The molecule has 0 bridgehead atoms. The van der Waals surface area contributed by atoms with Gasteiger partial charge in [-0.3, -0.25) is 0 Å². The second-order valence-corrected chi connectivity index (χ2v) is 6.67. The predicted molar refractivity (Wildman–Crippen MR) is 92.7 cm³/mol. The first-order valence-corrected chi connectivity index (χ1v) is 8.30. The summed E-state index contributed by atoms with van der Waals surface area (Å²) in [5.41, 5.74) is 11.2. The molecule has 0 heterocycles. The van der Waals surface area contributed by atoms with Gasteiger partial charge in [-0.1, -0.05) is 30.3 Å². The van der Waals surface area contributed by atoms with Crippen molar-refractivity contribution in [2.24, 2.45) is 5.73 Å². The summed E-state index contributed by atoms with van der Waals surface area (Å²) in [6, 6.07) is 15.2. The lowest BCUT2D eigenvalue weighted by Gasteiger charge is -2.22. The molecule has 1 aliphatic carbocycles. The van der Waals surface area contributed by atoms with Crippen LogP contribution in [0.15, 0.2) is 46.9 Å². The van der Waals surface area contributed by atoms with Gasteiger partial charge in [0.2, 0.25) is 0 Å². The molecule has 1 unspecified atom stereocenters. The number of nitrogens with two attached hydrogens (primary N) is 1.